The van der Waals surface area contributed by atoms with Gasteiger partial charge in [0.25, 0.3) is 5.91 Å². The van der Waals surface area contributed by atoms with E-state index in [1.807, 2.05) is 0 Å². The van der Waals surface area contributed by atoms with Gasteiger partial charge in [-0.2, -0.15) is 0 Å². The van der Waals surface area contributed by atoms with E-state index in [2.05, 4.69) is 5.32 Å². The third-order valence-electron chi connectivity index (χ3n) is 3.24. The monoisotopic (exact) mass is 297 g/mol. The number of amides is 2. The zero-order valence-corrected chi connectivity index (χ0v) is 11.6. The fourth-order valence-corrected chi connectivity index (χ4v) is 2.47. The Hall–Kier alpha value is -1.79. The van der Waals surface area contributed by atoms with E-state index in [1.165, 1.54) is 23.1 Å². The summed E-state index contributed by atoms with van der Waals surface area (Å²) in [6.07, 6.45) is 0.745. The molecule has 1 saturated heterocycles. The van der Waals surface area contributed by atoms with Crippen LogP contribution in [-0.2, 0) is 4.79 Å². The molecule has 7 heteroatoms. The zero-order valence-electron chi connectivity index (χ0n) is 10.8. The zero-order chi connectivity index (χ0) is 14.7. The van der Waals surface area contributed by atoms with Crippen LogP contribution >= 0.6 is 11.6 Å². The van der Waals surface area contributed by atoms with Gasteiger partial charge in [-0.25, -0.2) is 0 Å². The van der Waals surface area contributed by atoms with E-state index in [4.69, 9.17) is 17.3 Å². The highest BCUT2D eigenvalue weighted by molar-refractivity contribution is 6.33. The Bertz CT molecular complexity index is 530. The molecule has 1 unspecified atom stereocenters. The first-order chi connectivity index (χ1) is 9.49. The van der Waals surface area contributed by atoms with Crippen molar-refractivity contribution in [2.45, 2.75) is 12.5 Å². The minimum absolute atomic E-state index is 0.0543. The Morgan fingerprint density at radius 1 is 1.50 bits per heavy atom. The van der Waals surface area contributed by atoms with E-state index in [9.17, 15) is 14.7 Å². The highest BCUT2D eigenvalue weighted by Gasteiger charge is 2.29. The second-order valence-electron chi connectivity index (χ2n) is 4.71. The lowest BCUT2D eigenvalue weighted by Gasteiger charge is -2.27. The van der Waals surface area contributed by atoms with E-state index in [0.29, 0.717) is 6.54 Å². The second-order valence-corrected chi connectivity index (χ2v) is 5.12. The van der Waals surface area contributed by atoms with E-state index in [0.717, 1.165) is 13.0 Å². The van der Waals surface area contributed by atoms with Gasteiger partial charge in [-0.1, -0.05) is 11.6 Å². The maximum atomic E-state index is 12.5. The Morgan fingerprint density at radius 3 is 2.85 bits per heavy atom. The third-order valence-corrected chi connectivity index (χ3v) is 3.57. The van der Waals surface area contributed by atoms with Crippen LogP contribution in [0.4, 0.5) is 0 Å². The fraction of sp³-hybridized carbons (Fsp3) is 0.385. The molecule has 1 aromatic rings. The number of halogens is 1. The van der Waals surface area contributed by atoms with Crippen LogP contribution in [0, 0.1) is 0 Å². The molecule has 20 heavy (non-hydrogen) atoms. The van der Waals surface area contributed by atoms with E-state index >= 15 is 0 Å². The number of rotatable bonds is 4. The van der Waals surface area contributed by atoms with Gasteiger partial charge in [0.15, 0.2) is 0 Å². The van der Waals surface area contributed by atoms with Crippen molar-refractivity contribution in [1.29, 1.82) is 0 Å². The molecule has 108 valence electrons. The topological polar surface area (TPSA) is 95.7 Å². The molecular formula is C13H16ClN3O3. The van der Waals surface area contributed by atoms with Gasteiger partial charge in [-0.3, -0.25) is 9.59 Å². The minimum Gasteiger partial charge on any atom is -0.508 e. The van der Waals surface area contributed by atoms with Gasteiger partial charge in [0.2, 0.25) is 5.91 Å². The number of carbonyl (C=O) groups is 2. The Labute approximate surface area is 121 Å². The van der Waals surface area contributed by atoms with Gasteiger partial charge in [-0.15, -0.1) is 0 Å². The third kappa shape index (κ3) is 3.20. The summed E-state index contributed by atoms with van der Waals surface area (Å²) in [7, 11) is 0. The van der Waals surface area contributed by atoms with Crippen LogP contribution in [0.15, 0.2) is 18.2 Å². The largest absolute Gasteiger partial charge is 0.508 e. The molecule has 1 fully saturated rings. The van der Waals surface area contributed by atoms with Crippen LogP contribution in [0.3, 0.4) is 0 Å². The van der Waals surface area contributed by atoms with Crippen LogP contribution in [0.5, 0.6) is 5.75 Å². The average molecular weight is 298 g/mol. The predicted octanol–water partition coefficient (Wildman–Crippen LogP) is 0.335. The van der Waals surface area contributed by atoms with Crippen LogP contribution < -0.4 is 11.1 Å². The van der Waals surface area contributed by atoms with E-state index in [1.54, 1.807) is 0 Å². The predicted molar refractivity (Wildman–Crippen MR) is 74.6 cm³/mol. The molecule has 1 heterocycles. The standard InChI is InChI=1S/C13H16ClN3O3/c14-11-2-1-9(18)5-10(11)13(20)17(7-12(15)19)8-3-4-16-6-8/h1-2,5,8,16,18H,3-4,6-7H2,(H2,15,19). The van der Waals surface area contributed by atoms with Gasteiger partial charge in [0.05, 0.1) is 17.1 Å². The molecule has 0 bridgehead atoms. The number of aromatic hydroxyl groups is 1. The molecule has 0 radical (unpaired) electrons. The summed E-state index contributed by atoms with van der Waals surface area (Å²) in [6.45, 7) is 1.22. The molecule has 0 saturated carbocycles. The average Bonchev–Trinajstić information content (AvgIpc) is 2.91. The lowest BCUT2D eigenvalue weighted by molar-refractivity contribution is -0.119. The van der Waals surface area contributed by atoms with Crippen molar-refractivity contribution in [3.8, 4) is 5.75 Å². The highest BCUT2D eigenvalue weighted by atomic mass is 35.5. The molecule has 2 amide bonds. The maximum Gasteiger partial charge on any atom is 0.256 e. The second kappa shape index (κ2) is 6.11. The molecule has 6 nitrogen and oxygen atoms in total. The number of nitrogens with one attached hydrogen (secondary N) is 1. The molecule has 1 aromatic carbocycles. The summed E-state index contributed by atoms with van der Waals surface area (Å²) in [5.74, 6) is -1.04. The van der Waals surface area contributed by atoms with Crippen molar-refractivity contribution in [2.24, 2.45) is 5.73 Å². The number of carbonyl (C=O) groups excluding carboxylic acids is 2. The molecule has 0 aliphatic carbocycles. The number of nitrogens with two attached hydrogens (primary N) is 1. The van der Waals surface area contributed by atoms with Gasteiger partial charge in [0.1, 0.15) is 5.75 Å². The van der Waals surface area contributed by atoms with Crippen molar-refractivity contribution < 1.29 is 14.7 Å². The smallest absolute Gasteiger partial charge is 0.256 e. The molecule has 2 rings (SSSR count). The number of phenols is 1. The van der Waals surface area contributed by atoms with Crippen LogP contribution in [-0.4, -0.2) is 47.5 Å². The SMILES string of the molecule is NC(=O)CN(C(=O)c1cc(O)ccc1Cl)C1CCNC1. The fourth-order valence-electron chi connectivity index (χ4n) is 2.27. The van der Waals surface area contributed by atoms with Crippen molar-refractivity contribution in [2.75, 3.05) is 19.6 Å². The van der Waals surface area contributed by atoms with Gasteiger partial charge in [0, 0.05) is 12.6 Å². The quantitative estimate of drug-likeness (QED) is 0.746. The normalized spacial score (nSPS) is 17.9. The van der Waals surface area contributed by atoms with Crippen molar-refractivity contribution >= 4 is 23.4 Å². The molecule has 1 aliphatic rings. The van der Waals surface area contributed by atoms with Crippen molar-refractivity contribution in [3.63, 3.8) is 0 Å². The van der Waals surface area contributed by atoms with Crippen LogP contribution in [0.25, 0.3) is 0 Å². The molecule has 0 aromatic heterocycles. The summed E-state index contributed by atoms with van der Waals surface area (Å²) in [6, 6.07) is 4.03. The van der Waals surface area contributed by atoms with Crippen LogP contribution in [0.1, 0.15) is 16.8 Å². The minimum atomic E-state index is -0.582. The lowest BCUT2D eigenvalue weighted by Crippen LogP contribution is -2.46. The Morgan fingerprint density at radius 2 is 2.25 bits per heavy atom. The highest BCUT2D eigenvalue weighted by Crippen LogP contribution is 2.24. The van der Waals surface area contributed by atoms with Crippen molar-refractivity contribution in [1.82, 2.24) is 10.2 Å². The molecule has 4 N–H and O–H groups in total. The molecular weight excluding hydrogens is 282 g/mol. The van der Waals surface area contributed by atoms with Crippen LogP contribution in [0.2, 0.25) is 5.02 Å². The number of hydrogen-bond acceptors (Lipinski definition) is 4. The number of hydrogen-bond donors (Lipinski definition) is 3. The van der Waals surface area contributed by atoms with E-state index in [-0.39, 0.29) is 28.9 Å². The first-order valence-corrected chi connectivity index (χ1v) is 6.65. The van der Waals surface area contributed by atoms with Gasteiger partial charge in [-0.05, 0) is 31.2 Å². The first-order valence-electron chi connectivity index (χ1n) is 6.27. The molecule has 1 atom stereocenters. The summed E-state index contributed by atoms with van der Waals surface area (Å²) in [5.41, 5.74) is 5.38. The van der Waals surface area contributed by atoms with Gasteiger partial charge >= 0.3 is 0 Å². The summed E-state index contributed by atoms with van der Waals surface area (Å²) in [5, 5.41) is 12.8. The van der Waals surface area contributed by atoms with Gasteiger partial charge < -0.3 is 21.1 Å². The van der Waals surface area contributed by atoms with Crippen molar-refractivity contribution in [3.05, 3.63) is 28.8 Å². The summed E-state index contributed by atoms with van der Waals surface area (Å²) >= 11 is 5.99. The lowest BCUT2D eigenvalue weighted by atomic mass is 10.1. The first kappa shape index (κ1) is 14.6. The number of phenolic OH excluding ortho intramolecular Hbond substituents is 1. The Kier molecular flexibility index (Phi) is 4.46. The number of nitrogens with zero attached hydrogens (tertiary/aromatic N) is 1. The number of benzene rings is 1. The molecule has 0 spiro atoms. The van der Waals surface area contributed by atoms with E-state index < -0.39 is 11.8 Å². The molecule has 1 aliphatic heterocycles. The summed E-state index contributed by atoms with van der Waals surface area (Å²) in [4.78, 5) is 25.1. The Balaban J connectivity index is 2.29. The summed E-state index contributed by atoms with van der Waals surface area (Å²) < 4.78 is 0. The number of primary amides is 1. The maximum absolute atomic E-state index is 12.5.